The monoisotopic (exact) mass is 281 g/mol. The Balaban J connectivity index is 1.98. The van der Waals surface area contributed by atoms with Crippen molar-refractivity contribution in [1.82, 2.24) is 4.72 Å². The van der Waals surface area contributed by atoms with E-state index in [-0.39, 0.29) is 12.1 Å². The van der Waals surface area contributed by atoms with E-state index in [1.165, 1.54) is 4.31 Å². The molecule has 1 fully saturated rings. The Morgan fingerprint density at radius 3 is 2.68 bits per heavy atom. The lowest BCUT2D eigenvalue weighted by atomic mass is 10.0. The van der Waals surface area contributed by atoms with Gasteiger partial charge in [0.05, 0.1) is 5.69 Å². The van der Waals surface area contributed by atoms with Gasteiger partial charge in [-0.3, -0.25) is 4.31 Å². The molecule has 1 aliphatic carbocycles. The second-order valence-electron chi connectivity index (χ2n) is 5.28. The minimum Gasteiger partial charge on any atom is -0.324 e. The van der Waals surface area contributed by atoms with E-state index in [1.807, 2.05) is 24.3 Å². The normalized spacial score (nSPS) is 23.8. The highest BCUT2D eigenvalue weighted by molar-refractivity contribution is 7.90. The number of nitrogens with zero attached hydrogens (tertiary/aromatic N) is 1. The summed E-state index contributed by atoms with van der Waals surface area (Å²) in [5.74, 6) is 0. The summed E-state index contributed by atoms with van der Waals surface area (Å²) in [7, 11) is -3.45. The summed E-state index contributed by atoms with van der Waals surface area (Å²) < 4.78 is 29.1. The van der Waals surface area contributed by atoms with Gasteiger partial charge in [0.25, 0.3) is 0 Å². The third kappa shape index (κ3) is 2.61. The predicted molar refractivity (Wildman–Crippen MR) is 75.0 cm³/mol. The van der Waals surface area contributed by atoms with Crippen molar-refractivity contribution in [3.05, 3.63) is 29.8 Å². The first-order chi connectivity index (χ1) is 9.08. The Hall–Kier alpha value is -1.11. The van der Waals surface area contributed by atoms with Crippen molar-refractivity contribution >= 4 is 15.9 Å². The molecule has 0 bridgehead atoms. The van der Waals surface area contributed by atoms with Crippen molar-refractivity contribution < 1.29 is 8.42 Å². The zero-order chi connectivity index (χ0) is 13.5. The Kier molecular flexibility index (Phi) is 3.24. The zero-order valence-corrected chi connectivity index (χ0v) is 11.6. The fraction of sp³-hybridized carbons (Fsp3) is 0.538. The first-order valence-electron chi connectivity index (χ1n) is 6.72. The van der Waals surface area contributed by atoms with Crippen LogP contribution >= 0.6 is 0 Å². The summed E-state index contributed by atoms with van der Waals surface area (Å²) in [5, 5.41) is 0. The van der Waals surface area contributed by atoms with Crippen LogP contribution in [-0.4, -0.2) is 21.0 Å². The van der Waals surface area contributed by atoms with E-state index in [0.29, 0.717) is 6.54 Å². The van der Waals surface area contributed by atoms with Gasteiger partial charge in [0, 0.05) is 18.6 Å². The molecule has 5 nitrogen and oxygen atoms in total. The second-order valence-corrected chi connectivity index (χ2v) is 6.90. The van der Waals surface area contributed by atoms with Crippen molar-refractivity contribution in [1.29, 1.82) is 0 Å². The summed E-state index contributed by atoms with van der Waals surface area (Å²) in [4.78, 5) is 0. The van der Waals surface area contributed by atoms with E-state index in [4.69, 9.17) is 5.73 Å². The van der Waals surface area contributed by atoms with Crippen LogP contribution in [0.25, 0.3) is 0 Å². The van der Waals surface area contributed by atoms with Crippen LogP contribution in [0.5, 0.6) is 0 Å². The van der Waals surface area contributed by atoms with Gasteiger partial charge in [-0.1, -0.05) is 18.2 Å². The first-order valence-corrected chi connectivity index (χ1v) is 8.16. The van der Waals surface area contributed by atoms with Crippen LogP contribution in [0, 0.1) is 0 Å². The molecule has 1 aromatic carbocycles. The molecule has 2 aliphatic rings. The highest BCUT2D eigenvalue weighted by Gasteiger charge is 2.33. The molecule has 1 heterocycles. The number of fused-ring (bicyclic) bond motifs is 1. The molecule has 1 aliphatic heterocycles. The van der Waals surface area contributed by atoms with Crippen LogP contribution in [-0.2, 0) is 10.2 Å². The van der Waals surface area contributed by atoms with Crippen molar-refractivity contribution in [2.45, 2.75) is 37.8 Å². The van der Waals surface area contributed by atoms with Gasteiger partial charge in [-0.15, -0.1) is 0 Å². The van der Waals surface area contributed by atoms with Crippen LogP contribution in [0.4, 0.5) is 5.69 Å². The Morgan fingerprint density at radius 2 is 1.95 bits per heavy atom. The van der Waals surface area contributed by atoms with Crippen molar-refractivity contribution in [2.24, 2.45) is 5.73 Å². The lowest BCUT2D eigenvalue weighted by Crippen LogP contribution is -2.42. The summed E-state index contributed by atoms with van der Waals surface area (Å²) in [5.41, 5.74) is 7.76. The maximum Gasteiger partial charge on any atom is 0.301 e. The van der Waals surface area contributed by atoms with Crippen LogP contribution in [0.1, 0.15) is 37.3 Å². The van der Waals surface area contributed by atoms with Crippen LogP contribution in [0.3, 0.4) is 0 Å². The van der Waals surface area contributed by atoms with E-state index < -0.39 is 10.2 Å². The molecule has 3 N–H and O–H groups in total. The molecule has 3 rings (SSSR count). The van der Waals surface area contributed by atoms with Gasteiger partial charge < -0.3 is 5.73 Å². The predicted octanol–water partition coefficient (Wildman–Crippen LogP) is 1.28. The number of anilines is 1. The maximum atomic E-state index is 12.4. The summed E-state index contributed by atoms with van der Waals surface area (Å²) in [6.07, 6.45) is 3.47. The Labute approximate surface area is 114 Å². The number of benzene rings is 1. The van der Waals surface area contributed by atoms with Gasteiger partial charge in [-0.05, 0) is 37.3 Å². The minimum absolute atomic E-state index is 0.0858. The molecule has 19 heavy (non-hydrogen) atoms. The Morgan fingerprint density at radius 1 is 1.21 bits per heavy atom. The third-order valence-electron chi connectivity index (χ3n) is 3.66. The number of nitrogens with two attached hydrogens (primary N) is 1. The second kappa shape index (κ2) is 4.77. The molecule has 0 saturated heterocycles. The quantitative estimate of drug-likeness (QED) is 0.876. The van der Waals surface area contributed by atoms with Crippen LogP contribution in [0.2, 0.25) is 0 Å². The van der Waals surface area contributed by atoms with Gasteiger partial charge in [0.2, 0.25) is 0 Å². The summed E-state index contributed by atoms with van der Waals surface area (Å²) in [6, 6.07) is 7.56. The highest BCUT2D eigenvalue weighted by atomic mass is 32.2. The van der Waals surface area contributed by atoms with E-state index in [1.54, 1.807) is 0 Å². The Bertz CT molecular complexity index is 569. The lowest BCUT2D eigenvalue weighted by Gasteiger charge is -2.25. The van der Waals surface area contributed by atoms with Crippen molar-refractivity contribution in [3.63, 3.8) is 0 Å². The van der Waals surface area contributed by atoms with Gasteiger partial charge in [-0.2, -0.15) is 13.1 Å². The SMILES string of the molecule is NC1CCCN(S(=O)(=O)NC2CC2)c2ccccc21. The van der Waals surface area contributed by atoms with E-state index in [9.17, 15) is 8.42 Å². The molecule has 0 spiro atoms. The minimum atomic E-state index is -3.45. The number of para-hydroxylation sites is 1. The molecular weight excluding hydrogens is 262 g/mol. The molecule has 1 aromatic rings. The summed E-state index contributed by atoms with van der Waals surface area (Å²) in [6.45, 7) is 0.493. The van der Waals surface area contributed by atoms with E-state index in [0.717, 1.165) is 36.9 Å². The smallest absolute Gasteiger partial charge is 0.301 e. The molecule has 0 amide bonds. The lowest BCUT2D eigenvalue weighted by molar-refractivity contribution is 0.572. The highest BCUT2D eigenvalue weighted by Crippen LogP contribution is 2.33. The molecule has 1 atom stereocenters. The average Bonchev–Trinajstić information content (AvgIpc) is 3.17. The topological polar surface area (TPSA) is 75.4 Å². The fourth-order valence-corrected chi connectivity index (χ4v) is 4.06. The molecule has 0 radical (unpaired) electrons. The molecule has 0 aromatic heterocycles. The largest absolute Gasteiger partial charge is 0.324 e. The molecule has 6 heteroatoms. The third-order valence-corrected chi connectivity index (χ3v) is 5.26. The number of rotatable bonds is 3. The van der Waals surface area contributed by atoms with Gasteiger partial charge in [0.1, 0.15) is 0 Å². The number of hydrogen-bond donors (Lipinski definition) is 2. The van der Waals surface area contributed by atoms with E-state index in [2.05, 4.69) is 4.72 Å². The number of nitrogens with one attached hydrogen (secondary N) is 1. The van der Waals surface area contributed by atoms with E-state index >= 15 is 0 Å². The van der Waals surface area contributed by atoms with Crippen molar-refractivity contribution in [2.75, 3.05) is 10.8 Å². The van der Waals surface area contributed by atoms with Gasteiger partial charge in [-0.25, -0.2) is 0 Å². The first kappa shape index (κ1) is 12.9. The average molecular weight is 281 g/mol. The molecular formula is C13H19N3O2S. The standard InChI is InChI=1S/C13H19N3O2S/c14-12-5-3-9-16(13-6-2-1-4-11(12)13)19(17,18)15-10-7-8-10/h1-2,4,6,10,12,15H,3,5,7-9,14H2. The summed E-state index contributed by atoms with van der Waals surface area (Å²) >= 11 is 0. The van der Waals surface area contributed by atoms with Crippen LogP contribution in [0.15, 0.2) is 24.3 Å². The van der Waals surface area contributed by atoms with Crippen molar-refractivity contribution in [3.8, 4) is 0 Å². The maximum absolute atomic E-state index is 12.4. The fourth-order valence-electron chi connectivity index (χ4n) is 2.48. The molecule has 1 saturated carbocycles. The van der Waals surface area contributed by atoms with Crippen LogP contribution < -0.4 is 14.8 Å². The zero-order valence-electron chi connectivity index (χ0n) is 10.7. The van der Waals surface area contributed by atoms with Gasteiger partial charge in [0.15, 0.2) is 0 Å². The number of hydrogen-bond acceptors (Lipinski definition) is 3. The van der Waals surface area contributed by atoms with Gasteiger partial charge >= 0.3 is 10.2 Å². The molecule has 1 unspecified atom stereocenters. The molecule has 104 valence electrons.